The summed E-state index contributed by atoms with van der Waals surface area (Å²) in [5.41, 5.74) is 0. The minimum absolute atomic E-state index is 0.0826. The summed E-state index contributed by atoms with van der Waals surface area (Å²) in [4.78, 5) is 0. The van der Waals surface area contributed by atoms with Gasteiger partial charge in [0.1, 0.15) is 24.4 Å². The Kier molecular flexibility index (Phi) is 9.87. The van der Waals surface area contributed by atoms with Crippen LogP contribution in [-0.2, 0) is 9.47 Å². The van der Waals surface area contributed by atoms with E-state index in [4.69, 9.17) is 9.47 Å². The summed E-state index contributed by atoms with van der Waals surface area (Å²) in [6, 6.07) is 0. The van der Waals surface area contributed by atoms with Gasteiger partial charge in [0.25, 0.3) is 0 Å². The number of unbranched alkanes of at least 4 members (excludes halogenated alkanes) is 5. The minimum atomic E-state index is -0.996. The molecule has 0 saturated carbocycles. The Morgan fingerprint density at radius 3 is 2.57 bits per heavy atom. The van der Waals surface area contributed by atoms with Crippen LogP contribution in [0.15, 0.2) is 12.2 Å². The summed E-state index contributed by atoms with van der Waals surface area (Å²) < 4.78 is 10.8. The Bertz CT molecular complexity index is 282. The highest BCUT2D eigenvalue weighted by molar-refractivity contribution is 4.89. The molecular weight excluding hydrogens is 272 g/mol. The van der Waals surface area contributed by atoms with E-state index >= 15 is 0 Å². The molecule has 0 amide bonds. The van der Waals surface area contributed by atoms with Gasteiger partial charge in [-0.25, -0.2) is 0 Å². The highest BCUT2D eigenvalue weighted by atomic mass is 16.6. The van der Waals surface area contributed by atoms with Gasteiger partial charge in [-0.2, -0.15) is 0 Å². The molecular formula is C16H30O5. The predicted molar refractivity (Wildman–Crippen MR) is 81.1 cm³/mol. The summed E-state index contributed by atoms with van der Waals surface area (Å²) >= 11 is 0. The van der Waals surface area contributed by atoms with Gasteiger partial charge in [-0.1, -0.05) is 44.8 Å². The van der Waals surface area contributed by atoms with Crippen LogP contribution >= 0.6 is 0 Å². The van der Waals surface area contributed by atoms with Crippen molar-refractivity contribution in [2.45, 2.75) is 69.9 Å². The smallest absolute Gasteiger partial charge is 0.114 e. The SMILES string of the molecule is CCCCCCC/C=C/CO[C@@H](CO)[C@H]1OC[C@@H](O)[C@H]1O. The molecule has 21 heavy (non-hydrogen) atoms. The Morgan fingerprint density at radius 2 is 1.95 bits per heavy atom. The number of ether oxygens (including phenoxy) is 2. The van der Waals surface area contributed by atoms with Crippen LogP contribution in [0.4, 0.5) is 0 Å². The summed E-state index contributed by atoms with van der Waals surface area (Å²) in [5, 5.41) is 28.4. The average Bonchev–Trinajstić information content (AvgIpc) is 2.82. The molecule has 5 heteroatoms. The van der Waals surface area contributed by atoms with Crippen LogP contribution in [0.2, 0.25) is 0 Å². The lowest BCUT2D eigenvalue weighted by Gasteiger charge is -2.23. The Balaban J connectivity index is 2.12. The molecule has 0 aromatic heterocycles. The second kappa shape index (κ2) is 11.2. The maximum absolute atomic E-state index is 9.72. The van der Waals surface area contributed by atoms with E-state index in [-0.39, 0.29) is 13.2 Å². The van der Waals surface area contributed by atoms with Crippen LogP contribution < -0.4 is 0 Å². The van der Waals surface area contributed by atoms with E-state index in [2.05, 4.69) is 13.0 Å². The maximum atomic E-state index is 9.72. The highest BCUT2D eigenvalue weighted by Gasteiger charge is 2.40. The van der Waals surface area contributed by atoms with Crippen LogP contribution in [0.3, 0.4) is 0 Å². The first-order valence-electron chi connectivity index (χ1n) is 8.05. The van der Waals surface area contributed by atoms with Gasteiger partial charge in [0, 0.05) is 0 Å². The van der Waals surface area contributed by atoms with E-state index in [9.17, 15) is 15.3 Å². The van der Waals surface area contributed by atoms with Crippen molar-refractivity contribution in [3.05, 3.63) is 12.2 Å². The standard InChI is InChI=1S/C16H30O5/c1-2-3-4-5-6-7-8-9-10-20-14(11-17)16-15(19)13(18)12-21-16/h8-9,13-19H,2-7,10-12H2,1H3/b9-8+/t13-,14+,15-,16-/m1/s1. The zero-order valence-corrected chi connectivity index (χ0v) is 13.0. The van der Waals surface area contributed by atoms with Gasteiger partial charge in [-0.15, -0.1) is 0 Å². The van der Waals surface area contributed by atoms with Crippen molar-refractivity contribution >= 4 is 0 Å². The van der Waals surface area contributed by atoms with Gasteiger partial charge in [-0.3, -0.25) is 0 Å². The fourth-order valence-corrected chi connectivity index (χ4v) is 2.44. The molecule has 4 atom stereocenters. The van der Waals surface area contributed by atoms with Crippen molar-refractivity contribution in [2.24, 2.45) is 0 Å². The quantitative estimate of drug-likeness (QED) is 0.397. The molecule has 1 fully saturated rings. The Morgan fingerprint density at radius 1 is 1.19 bits per heavy atom. The summed E-state index contributed by atoms with van der Waals surface area (Å²) in [5.74, 6) is 0. The summed E-state index contributed by atoms with van der Waals surface area (Å²) in [6.45, 7) is 2.43. The van der Waals surface area contributed by atoms with Crippen molar-refractivity contribution in [1.82, 2.24) is 0 Å². The first-order valence-corrected chi connectivity index (χ1v) is 8.05. The van der Waals surface area contributed by atoms with Crippen LogP contribution in [0, 0.1) is 0 Å². The van der Waals surface area contributed by atoms with Gasteiger partial charge in [-0.05, 0) is 12.8 Å². The third kappa shape index (κ3) is 6.89. The van der Waals surface area contributed by atoms with Crippen molar-refractivity contribution < 1.29 is 24.8 Å². The van der Waals surface area contributed by atoms with E-state index in [1.54, 1.807) is 0 Å². The normalized spacial score (nSPS) is 27.5. The molecule has 0 aromatic carbocycles. The zero-order valence-electron chi connectivity index (χ0n) is 13.0. The van der Waals surface area contributed by atoms with Crippen LogP contribution in [-0.4, -0.2) is 59.6 Å². The van der Waals surface area contributed by atoms with Crippen LogP contribution in [0.5, 0.6) is 0 Å². The highest BCUT2D eigenvalue weighted by Crippen LogP contribution is 2.19. The molecule has 0 unspecified atom stereocenters. The fraction of sp³-hybridized carbons (Fsp3) is 0.875. The maximum Gasteiger partial charge on any atom is 0.114 e. The lowest BCUT2D eigenvalue weighted by atomic mass is 10.1. The van der Waals surface area contributed by atoms with Gasteiger partial charge in [0.05, 0.1) is 19.8 Å². The largest absolute Gasteiger partial charge is 0.394 e. The lowest BCUT2D eigenvalue weighted by Crippen LogP contribution is -2.42. The van der Waals surface area contributed by atoms with Crippen molar-refractivity contribution in [3.63, 3.8) is 0 Å². The van der Waals surface area contributed by atoms with Gasteiger partial charge < -0.3 is 24.8 Å². The summed E-state index contributed by atoms with van der Waals surface area (Å²) in [6.07, 6.45) is 8.22. The molecule has 3 N–H and O–H groups in total. The number of hydrogen-bond donors (Lipinski definition) is 3. The van der Waals surface area contributed by atoms with Crippen LogP contribution in [0.25, 0.3) is 0 Å². The third-order valence-electron chi connectivity index (χ3n) is 3.78. The molecule has 1 saturated heterocycles. The van der Waals surface area contributed by atoms with E-state index < -0.39 is 24.4 Å². The molecule has 1 rings (SSSR count). The number of allylic oxidation sites excluding steroid dienone is 1. The third-order valence-corrected chi connectivity index (χ3v) is 3.78. The fourth-order valence-electron chi connectivity index (χ4n) is 2.44. The van der Waals surface area contributed by atoms with Gasteiger partial charge in [0.2, 0.25) is 0 Å². The molecule has 5 nitrogen and oxygen atoms in total. The molecule has 0 bridgehead atoms. The summed E-state index contributed by atoms with van der Waals surface area (Å²) in [7, 11) is 0. The van der Waals surface area contributed by atoms with Crippen LogP contribution in [0.1, 0.15) is 45.4 Å². The van der Waals surface area contributed by atoms with E-state index in [0.29, 0.717) is 6.61 Å². The molecule has 0 aliphatic carbocycles. The lowest BCUT2D eigenvalue weighted by molar-refractivity contribution is -0.0942. The number of rotatable bonds is 11. The second-order valence-corrected chi connectivity index (χ2v) is 5.58. The molecule has 1 heterocycles. The molecule has 0 aromatic rings. The number of aliphatic hydroxyl groups is 3. The molecule has 1 aliphatic rings. The molecule has 0 radical (unpaired) electrons. The topological polar surface area (TPSA) is 79.2 Å². The van der Waals surface area contributed by atoms with E-state index in [0.717, 1.165) is 6.42 Å². The number of aliphatic hydroxyl groups excluding tert-OH is 3. The van der Waals surface area contributed by atoms with Crippen molar-refractivity contribution in [1.29, 1.82) is 0 Å². The van der Waals surface area contributed by atoms with E-state index in [1.165, 1.54) is 32.1 Å². The molecule has 124 valence electrons. The van der Waals surface area contributed by atoms with Gasteiger partial charge >= 0.3 is 0 Å². The average molecular weight is 302 g/mol. The van der Waals surface area contributed by atoms with Gasteiger partial charge in [0.15, 0.2) is 0 Å². The molecule has 0 spiro atoms. The minimum Gasteiger partial charge on any atom is -0.394 e. The molecule has 1 aliphatic heterocycles. The predicted octanol–water partition coefficient (Wildman–Crippen LogP) is 1.40. The second-order valence-electron chi connectivity index (χ2n) is 5.58. The van der Waals surface area contributed by atoms with E-state index in [1.807, 2.05) is 6.08 Å². The van der Waals surface area contributed by atoms with Crippen molar-refractivity contribution in [2.75, 3.05) is 19.8 Å². The Hall–Kier alpha value is -0.460. The number of hydrogen-bond acceptors (Lipinski definition) is 5. The monoisotopic (exact) mass is 302 g/mol. The first-order chi connectivity index (χ1) is 10.2. The zero-order chi connectivity index (χ0) is 15.5. The Labute approximate surface area is 127 Å². The van der Waals surface area contributed by atoms with Crippen molar-refractivity contribution in [3.8, 4) is 0 Å². The first kappa shape index (κ1) is 18.6.